The van der Waals surface area contributed by atoms with E-state index in [1.807, 2.05) is 0 Å². The first kappa shape index (κ1) is 18.9. The molecule has 0 spiro atoms. The average molecular weight is 359 g/mol. The maximum Gasteiger partial charge on any atom is 0.460 e. The van der Waals surface area contributed by atoms with Crippen molar-refractivity contribution in [2.75, 3.05) is 0 Å². The van der Waals surface area contributed by atoms with Gasteiger partial charge in [-0.25, -0.2) is 0 Å². The fourth-order valence-electron chi connectivity index (χ4n) is 1.60. The maximum absolute atomic E-state index is 13.8. The van der Waals surface area contributed by atoms with Crippen molar-refractivity contribution in [1.82, 2.24) is 0 Å². The molecule has 1 atom stereocenters. The fourth-order valence-corrected chi connectivity index (χ4v) is 1.85. The minimum Gasteiger partial charge on any atom is -0.197 e. The Hall–Kier alpha value is -1.12. The molecule has 0 aliphatic heterocycles. The van der Waals surface area contributed by atoms with Crippen molar-refractivity contribution in [2.45, 2.75) is 35.7 Å². The molecule has 0 fully saturated rings. The lowest BCUT2D eigenvalue weighted by molar-refractivity contribution is -0.401. The van der Waals surface area contributed by atoms with Gasteiger partial charge in [-0.2, -0.15) is 39.5 Å². The minimum absolute atomic E-state index is 0.240. The number of hydrogen-bond donors (Lipinski definition) is 0. The first-order chi connectivity index (χ1) is 9.61. The van der Waals surface area contributed by atoms with Crippen LogP contribution in [0.25, 0.3) is 0 Å². The van der Waals surface area contributed by atoms with Gasteiger partial charge >= 0.3 is 23.9 Å². The molecule has 0 heterocycles. The highest BCUT2D eigenvalue weighted by molar-refractivity contribution is 6.24. The van der Waals surface area contributed by atoms with Crippen LogP contribution in [0, 0.1) is 0 Å². The Morgan fingerprint density at radius 3 is 1.45 bits per heavy atom. The molecule has 0 aliphatic carbocycles. The SMILES string of the molecule is CC(Cl)(c1ccccc1)C(F)(F)C(F)(F)C(F)(F)C(F)(F)F. The van der Waals surface area contributed by atoms with E-state index in [4.69, 9.17) is 11.6 Å². The van der Waals surface area contributed by atoms with Gasteiger partial charge in [0.05, 0.1) is 0 Å². The van der Waals surface area contributed by atoms with Crippen molar-refractivity contribution in [2.24, 2.45) is 0 Å². The largest absolute Gasteiger partial charge is 0.460 e. The van der Waals surface area contributed by atoms with Crippen LogP contribution in [0.2, 0.25) is 0 Å². The second-order valence-corrected chi connectivity index (χ2v) is 5.35. The van der Waals surface area contributed by atoms with E-state index in [0.717, 1.165) is 24.3 Å². The van der Waals surface area contributed by atoms with Crippen LogP contribution in [-0.4, -0.2) is 23.9 Å². The number of halogens is 10. The second-order valence-electron chi connectivity index (χ2n) is 4.59. The van der Waals surface area contributed by atoms with Gasteiger partial charge in [0.1, 0.15) is 4.87 Å². The summed E-state index contributed by atoms with van der Waals surface area (Å²) in [5, 5.41) is 0. The molecule has 0 saturated heterocycles. The molecule has 0 amide bonds. The first-order valence-electron chi connectivity index (χ1n) is 5.55. The molecule has 126 valence electrons. The number of hydrogen-bond acceptors (Lipinski definition) is 0. The molecule has 10 heteroatoms. The summed E-state index contributed by atoms with van der Waals surface area (Å²) < 4.78 is 116. The molecule has 1 unspecified atom stereocenters. The van der Waals surface area contributed by atoms with Gasteiger partial charge in [-0.3, -0.25) is 0 Å². The van der Waals surface area contributed by atoms with E-state index in [2.05, 4.69) is 0 Å². The van der Waals surface area contributed by atoms with E-state index in [1.54, 1.807) is 0 Å². The number of rotatable bonds is 4. The van der Waals surface area contributed by atoms with Gasteiger partial charge in [-0.05, 0) is 12.5 Å². The molecule has 1 rings (SSSR count). The van der Waals surface area contributed by atoms with Crippen LogP contribution in [0.3, 0.4) is 0 Å². The topological polar surface area (TPSA) is 0 Å². The summed E-state index contributed by atoms with van der Waals surface area (Å²) in [6.07, 6.45) is -6.87. The van der Waals surface area contributed by atoms with Crippen LogP contribution in [0.1, 0.15) is 12.5 Å². The Labute approximate surface area is 123 Å². The summed E-state index contributed by atoms with van der Waals surface area (Å²) in [4.78, 5) is -3.49. The molecule has 1 aromatic carbocycles. The summed E-state index contributed by atoms with van der Waals surface area (Å²) in [7, 11) is 0. The van der Waals surface area contributed by atoms with E-state index < -0.39 is 34.4 Å². The van der Waals surface area contributed by atoms with Crippen LogP contribution >= 0.6 is 11.6 Å². The highest BCUT2D eigenvalue weighted by atomic mass is 35.5. The zero-order chi connectivity index (χ0) is 17.6. The summed E-state index contributed by atoms with van der Waals surface area (Å²) in [6.45, 7) is 0.240. The summed E-state index contributed by atoms with van der Waals surface area (Å²) in [5.74, 6) is -19.6. The third-order valence-electron chi connectivity index (χ3n) is 3.05. The first-order valence-corrected chi connectivity index (χ1v) is 5.93. The van der Waals surface area contributed by atoms with Crippen LogP contribution in [0.15, 0.2) is 30.3 Å². The van der Waals surface area contributed by atoms with E-state index in [0.29, 0.717) is 0 Å². The van der Waals surface area contributed by atoms with Gasteiger partial charge in [-0.15, -0.1) is 11.6 Å². The van der Waals surface area contributed by atoms with Crippen molar-refractivity contribution in [3.8, 4) is 0 Å². The second kappa shape index (κ2) is 5.21. The van der Waals surface area contributed by atoms with Gasteiger partial charge in [0, 0.05) is 0 Å². The minimum atomic E-state index is -6.96. The Balaban J connectivity index is 3.45. The summed E-state index contributed by atoms with van der Waals surface area (Å²) in [5.41, 5.74) is -0.737. The van der Waals surface area contributed by atoms with Crippen LogP contribution < -0.4 is 0 Å². The van der Waals surface area contributed by atoms with Crippen molar-refractivity contribution < 1.29 is 39.5 Å². The van der Waals surface area contributed by atoms with Crippen molar-refractivity contribution >= 4 is 11.6 Å². The average Bonchev–Trinajstić information content (AvgIpc) is 2.37. The molecule has 22 heavy (non-hydrogen) atoms. The third kappa shape index (κ3) is 2.53. The van der Waals surface area contributed by atoms with Gasteiger partial charge < -0.3 is 0 Å². The van der Waals surface area contributed by atoms with Crippen molar-refractivity contribution in [3.05, 3.63) is 35.9 Å². The molecule has 1 aromatic rings. The number of alkyl halides is 10. The normalized spacial score (nSPS) is 17.2. The predicted octanol–water partition coefficient (Wildman–Crippen LogP) is 5.61. The molecule has 0 N–H and O–H groups in total. The Morgan fingerprint density at radius 2 is 1.09 bits per heavy atom. The van der Waals surface area contributed by atoms with Gasteiger partial charge in [0.25, 0.3) is 0 Å². The Kier molecular flexibility index (Phi) is 4.48. The molecule has 0 aromatic heterocycles. The maximum atomic E-state index is 13.8. The van der Waals surface area contributed by atoms with E-state index in [9.17, 15) is 39.5 Å². The lowest BCUT2D eigenvalue weighted by Crippen LogP contribution is -2.65. The summed E-state index contributed by atoms with van der Waals surface area (Å²) >= 11 is 5.26. The third-order valence-corrected chi connectivity index (χ3v) is 3.51. The predicted molar refractivity (Wildman–Crippen MR) is 60.5 cm³/mol. The fraction of sp³-hybridized carbons (Fsp3) is 0.500. The van der Waals surface area contributed by atoms with E-state index >= 15 is 0 Å². The quantitative estimate of drug-likeness (QED) is 0.485. The smallest absolute Gasteiger partial charge is 0.197 e. The zero-order valence-electron chi connectivity index (χ0n) is 10.7. The van der Waals surface area contributed by atoms with Gasteiger partial charge in [0.15, 0.2) is 0 Å². The molecule has 0 nitrogen and oxygen atoms in total. The molecule has 0 saturated carbocycles. The molecule has 0 aliphatic rings. The van der Waals surface area contributed by atoms with Crippen molar-refractivity contribution in [3.63, 3.8) is 0 Å². The van der Waals surface area contributed by atoms with Gasteiger partial charge in [-0.1, -0.05) is 30.3 Å². The standard InChI is InChI=1S/C12H8ClF9/c1-8(13,7-5-3-2-4-6-7)9(14,15)10(16,17)11(18,19)12(20,21)22/h2-6H,1H3. The molecular weight excluding hydrogens is 351 g/mol. The number of benzene rings is 1. The van der Waals surface area contributed by atoms with Crippen LogP contribution in [0.5, 0.6) is 0 Å². The Morgan fingerprint density at radius 1 is 0.682 bits per heavy atom. The zero-order valence-corrected chi connectivity index (χ0v) is 11.4. The van der Waals surface area contributed by atoms with Crippen LogP contribution in [-0.2, 0) is 4.87 Å². The molecule has 0 bridgehead atoms. The van der Waals surface area contributed by atoms with Gasteiger partial charge in [0.2, 0.25) is 0 Å². The summed E-state index contributed by atoms with van der Waals surface area (Å²) in [6, 6.07) is 5.08. The monoisotopic (exact) mass is 358 g/mol. The lowest BCUT2D eigenvalue weighted by Gasteiger charge is -2.40. The Bertz CT molecular complexity index is 519. The molecular formula is C12H8ClF9. The highest BCUT2D eigenvalue weighted by Gasteiger charge is 2.84. The van der Waals surface area contributed by atoms with E-state index in [-0.39, 0.29) is 6.92 Å². The van der Waals surface area contributed by atoms with E-state index in [1.165, 1.54) is 6.07 Å². The van der Waals surface area contributed by atoms with Crippen molar-refractivity contribution in [1.29, 1.82) is 0 Å². The highest BCUT2D eigenvalue weighted by Crippen LogP contribution is 2.59. The lowest BCUT2D eigenvalue weighted by atomic mass is 9.86. The van der Waals surface area contributed by atoms with Crippen LogP contribution in [0.4, 0.5) is 39.5 Å². The molecule has 0 radical (unpaired) electrons.